The van der Waals surface area contributed by atoms with E-state index in [0.29, 0.717) is 48.4 Å². The third kappa shape index (κ3) is 4.96. The van der Waals surface area contributed by atoms with Crippen LogP contribution in [0.1, 0.15) is 76.8 Å². The molecule has 0 aromatic heterocycles. The lowest BCUT2D eigenvalue weighted by Gasteiger charge is -2.38. The summed E-state index contributed by atoms with van der Waals surface area (Å²) < 4.78 is 30.2. The van der Waals surface area contributed by atoms with Gasteiger partial charge in [-0.1, -0.05) is 50.6 Å². The fourth-order valence-corrected chi connectivity index (χ4v) is 7.00. The van der Waals surface area contributed by atoms with Crippen molar-refractivity contribution in [3.05, 3.63) is 64.2 Å². The van der Waals surface area contributed by atoms with Gasteiger partial charge in [0.15, 0.2) is 11.6 Å². The highest BCUT2D eigenvalue weighted by molar-refractivity contribution is 6.31. The van der Waals surface area contributed by atoms with Crippen molar-refractivity contribution in [1.82, 2.24) is 10.6 Å². The van der Waals surface area contributed by atoms with Crippen LogP contribution in [-0.2, 0) is 15.0 Å². The second kappa shape index (κ2) is 9.82. The average molecular weight is 560 g/mol. The molecule has 3 aliphatic rings. The van der Waals surface area contributed by atoms with E-state index in [1.807, 2.05) is 20.8 Å². The Bertz CT molecular complexity index is 1300. The molecule has 2 fully saturated rings. The smallest absolute Gasteiger partial charge is 0.238 e. The highest BCUT2D eigenvalue weighted by Crippen LogP contribution is 2.57. The molecular formula is C30H36ClF2N3O3. The average Bonchev–Trinajstić information content (AvgIpc) is 3.31. The van der Waals surface area contributed by atoms with Crippen molar-refractivity contribution in [3.63, 3.8) is 0 Å². The molecule has 1 saturated carbocycles. The Balaban J connectivity index is 1.65. The van der Waals surface area contributed by atoms with E-state index in [1.54, 1.807) is 25.1 Å². The van der Waals surface area contributed by atoms with Gasteiger partial charge in [-0.25, -0.2) is 8.78 Å². The van der Waals surface area contributed by atoms with Gasteiger partial charge in [-0.2, -0.15) is 0 Å². The van der Waals surface area contributed by atoms with Crippen LogP contribution in [-0.4, -0.2) is 40.6 Å². The number of fused-ring (bicyclic) bond motifs is 2. The zero-order valence-electron chi connectivity index (χ0n) is 22.7. The molecule has 39 heavy (non-hydrogen) atoms. The van der Waals surface area contributed by atoms with E-state index < -0.39 is 40.7 Å². The molecule has 4 atom stereocenters. The quantitative estimate of drug-likeness (QED) is 0.416. The molecular weight excluding hydrogens is 524 g/mol. The van der Waals surface area contributed by atoms with E-state index in [-0.39, 0.29) is 28.8 Å². The van der Waals surface area contributed by atoms with Crippen LogP contribution in [0.15, 0.2) is 36.4 Å². The van der Waals surface area contributed by atoms with Gasteiger partial charge < -0.3 is 21.1 Å². The largest absolute Gasteiger partial charge is 0.390 e. The van der Waals surface area contributed by atoms with Gasteiger partial charge in [0.2, 0.25) is 11.8 Å². The van der Waals surface area contributed by atoms with Gasteiger partial charge in [-0.15, -0.1) is 0 Å². The SMILES string of the molecule is CC(C)(C)C[C@@H]1N[C@@H](C(=O)NC2CCC(C)(O)CC2)[C@H](c2cccc(F)c2F)[C@]12C(=O)Nc1cc(Cl)ccc12. The van der Waals surface area contributed by atoms with Crippen LogP contribution in [0.25, 0.3) is 0 Å². The minimum absolute atomic E-state index is 0.0245. The predicted molar refractivity (Wildman–Crippen MR) is 147 cm³/mol. The maximum absolute atomic E-state index is 15.6. The number of carbonyl (C=O) groups is 2. The Kier molecular flexibility index (Phi) is 7.05. The summed E-state index contributed by atoms with van der Waals surface area (Å²) in [6.45, 7) is 7.90. The molecule has 1 saturated heterocycles. The van der Waals surface area contributed by atoms with Gasteiger partial charge in [-0.05, 0) is 73.8 Å². The maximum Gasteiger partial charge on any atom is 0.238 e. The summed E-state index contributed by atoms with van der Waals surface area (Å²) in [7, 11) is 0. The van der Waals surface area contributed by atoms with Crippen LogP contribution in [0, 0.1) is 17.0 Å². The summed E-state index contributed by atoms with van der Waals surface area (Å²) in [5.41, 5.74) is -1.33. The minimum Gasteiger partial charge on any atom is -0.390 e. The second-order valence-electron chi connectivity index (χ2n) is 12.9. The highest BCUT2D eigenvalue weighted by Gasteiger charge is 2.66. The number of carbonyl (C=O) groups excluding carboxylic acids is 2. The Hall–Kier alpha value is -2.55. The number of hydrogen-bond acceptors (Lipinski definition) is 4. The number of rotatable bonds is 4. The number of aliphatic hydroxyl groups is 1. The van der Waals surface area contributed by atoms with Crippen molar-refractivity contribution in [3.8, 4) is 0 Å². The fraction of sp³-hybridized carbons (Fsp3) is 0.533. The molecule has 6 nitrogen and oxygen atoms in total. The van der Waals surface area contributed by atoms with Crippen LogP contribution in [0.3, 0.4) is 0 Å². The van der Waals surface area contributed by atoms with Crippen molar-refractivity contribution in [2.75, 3.05) is 5.32 Å². The molecule has 2 aliphatic heterocycles. The van der Waals surface area contributed by atoms with Crippen LogP contribution < -0.4 is 16.0 Å². The molecule has 2 aromatic carbocycles. The molecule has 1 aliphatic carbocycles. The number of amides is 2. The third-order valence-electron chi connectivity index (χ3n) is 8.63. The summed E-state index contributed by atoms with van der Waals surface area (Å²) in [4.78, 5) is 28.1. The topological polar surface area (TPSA) is 90.5 Å². The van der Waals surface area contributed by atoms with E-state index in [4.69, 9.17) is 11.6 Å². The minimum atomic E-state index is -1.39. The normalized spacial score (nSPS) is 32.3. The monoisotopic (exact) mass is 559 g/mol. The zero-order chi connectivity index (χ0) is 28.3. The zero-order valence-corrected chi connectivity index (χ0v) is 23.5. The van der Waals surface area contributed by atoms with E-state index in [0.717, 1.165) is 6.07 Å². The van der Waals surface area contributed by atoms with Crippen molar-refractivity contribution >= 4 is 29.1 Å². The van der Waals surface area contributed by atoms with E-state index in [2.05, 4.69) is 16.0 Å². The molecule has 0 bridgehead atoms. The lowest BCUT2D eigenvalue weighted by molar-refractivity contribution is -0.125. The highest BCUT2D eigenvalue weighted by atomic mass is 35.5. The van der Waals surface area contributed by atoms with Crippen molar-refractivity contribution in [1.29, 1.82) is 0 Å². The van der Waals surface area contributed by atoms with E-state index in [1.165, 1.54) is 12.1 Å². The number of nitrogens with one attached hydrogen (secondary N) is 3. The molecule has 5 rings (SSSR count). The maximum atomic E-state index is 15.6. The van der Waals surface area contributed by atoms with Crippen LogP contribution in [0.5, 0.6) is 0 Å². The first-order valence-electron chi connectivity index (χ1n) is 13.6. The van der Waals surface area contributed by atoms with Gasteiger partial charge >= 0.3 is 0 Å². The standard InChI is InChI=1S/C30H36ClF2N3O3/c1-28(2,3)15-22-30(19-9-8-16(31)14-21(19)35-27(30)38)23(18-6-5-7-20(32)24(18)33)25(36-22)26(37)34-17-10-12-29(4,39)13-11-17/h5-9,14,17,22-23,25,36,39H,10-13,15H2,1-4H3,(H,34,37)(H,35,38)/t17?,22-,23-,25+,29?,30+/m0/s1. The Morgan fingerprint density at radius 3 is 2.54 bits per heavy atom. The third-order valence-corrected chi connectivity index (χ3v) is 8.87. The van der Waals surface area contributed by atoms with Crippen LogP contribution in [0.4, 0.5) is 14.5 Å². The summed E-state index contributed by atoms with van der Waals surface area (Å²) in [6.07, 6.45) is 2.79. The van der Waals surface area contributed by atoms with Crippen molar-refractivity contribution in [2.24, 2.45) is 5.41 Å². The molecule has 0 radical (unpaired) electrons. The molecule has 9 heteroatoms. The lowest BCUT2D eigenvalue weighted by atomic mass is 9.62. The van der Waals surface area contributed by atoms with Crippen molar-refractivity contribution < 1.29 is 23.5 Å². The summed E-state index contributed by atoms with van der Waals surface area (Å²) in [6, 6.07) is 7.25. The first-order valence-corrected chi connectivity index (χ1v) is 13.9. The Morgan fingerprint density at radius 2 is 1.87 bits per heavy atom. The molecule has 2 heterocycles. The van der Waals surface area contributed by atoms with Gasteiger partial charge in [-0.3, -0.25) is 9.59 Å². The van der Waals surface area contributed by atoms with E-state index in [9.17, 15) is 19.1 Å². The number of hydrogen-bond donors (Lipinski definition) is 4. The second-order valence-corrected chi connectivity index (χ2v) is 13.3. The molecule has 4 N–H and O–H groups in total. The van der Waals surface area contributed by atoms with Gasteiger partial charge in [0.25, 0.3) is 0 Å². The molecule has 210 valence electrons. The Labute approximate surface area is 232 Å². The number of anilines is 1. The Morgan fingerprint density at radius 1 is 1.18 bits per heavy atom. The first-order chi connectivity index (χ1) is 18.2. The summed E-state index contributed by atoms with van der Waals surface area (Å²) in [5, 5.41) is 20.2. The number of benzene rings is 2. The molecule has 2 amide bonds. The number of halogens is 3. The predicted octanol–water partition coefficient (Wildman–Crippen LogP) is 5.18. The van der Waals surface area contributed by atoms with Crippen LogP contribution in [0.2, 0.25) is 5.02 Å². The van der Waals surface area contributed by atoms with Gasteiger partial charge in [0, 0.05) is 28.7 Å². The first kappa shape index (κ1) is 28.0. The van der Waals surface area contributed by atoms with Crippen molar-refractivity contribution in [2.45, 2.75) is 94.9 Å². The van der Waals surface area contributed by atoms with Gasteiger partial charge in [0.05, 0.1) is 11.6 Å². The molecule has 0 unspecified atom stereocenters. The lowest BCUT2D eigenvalue weighted by Crippen LogP contribution is -2.50. The van der Waals surface area contributed by atoms with Crippen LogP contribution >= 0.6 is 11.6 Å². The van der Waals surface area contributed by atoms with Gasteiger partial charge in [0.1, 0.15) is 5.41 Å². The molecule has 2 aromatic rings. The fourth-order valence-electron chi connectivity index (χ4n) is 6.83. The van der Waals surface area contributed by atoms with E-state index >= 15 is 4.39 Å². The summed E-state index contributed by atoms with van der Waals surface area (Å²) >= 11 is 6.26. The molecule has 1 spiro atoms. The summed E-state index contributed by atoms with van der Waals surface area (Å²) in [5.74, 6) is -3.89.